The SMILES string of the molecule is CC(C)(C)[C@@H](C(=O)N1C[C@H](O)C[C@H]1C(=O)NC(Cc1ccccc1)C(=O)N1CCCCC1)n1cc(C2CC2)nn1. The van der Waals surface area contributed by atoms with Crippen LogP contribution in [-0.2, 0) is 20.8 Å². The van der Waals surface area contributed by atoms with Gasteiger partial charge in [0.05, 0.1) is 11.8 Å². The van der Waals surface area contributed by atoms with Crippen molar-refractivity contribution in [2.45, 2.75) is 95.9 Å². The summed E-state index contributed by atoms with van der Waals surface area (Å²) < 4.78 is 1.62. The van der Waals surface area contributed by atoms with E-state index in [0.717, 1.165) is 43.4 Å². The monoisotopic (exact) mass is 550 g/mol. The van der Waals surface area contributed by atoms with Crippen LogP contribution in [0.25, 0.3) is 0 Å². The number of nitrogens with zero attached hydrogens (tertiary/aromatic N) is 5. The van der Waals surface area contributed by atoms with Crippen LogP contribution in [0.15, 0.2) is 36.5 Å². The first-order valence-electron chi connectivity index (χ1n) is 14.6. The van der Waals surface area contributed by atoms with Crippen LogP contribution in [-0.4, -0.2) is 85.4 Å². The van der Waals surface area contributed by atoms with E-state index in [1.165, 1.54) is 4.90 Å². The van der Waals surface area contributed by atoms with E-state index in [1.54, 1.807) is 4.68 Å². The van der Waals surface area contributed by atoms with Gasteiger partial charge in [0.15, 0.2) is 0 Å². The van der Waals surface area contributed by atoms with Gasteiger partial charge in [0.25, 0.3) is 0 Å². The van der Waals surface area contributed by atoms with Crippen LogP contribution in [0, 0.1) is 5.41 Å². The smallest absolute Gasteiger partial charge is 0.248 e. The van der Waals surface area contributed by atoms with E-state index in [4.69, 9.17) is 0 Å². The van der Waals surface area contributed by atoms with Gasteiger partial charge in [-0.3, -0.25) is 14.4 Å². The van der Waals surface area contributed by atoms with Gasteiger partial charge in [-0.1, -0.05) is 56.3 Å². The second-order valence-corrected chi connectivity index (χ2v) is 12.7. The molecule has 3 aliphatic rings. The molecule has 1 aliphatic carbocycles. The molecule has 1 unspecified atom stereocenters. The highest BCUT2D eigenvalue weighted by atomic mass is 16.3. The fraction of sp³-hybridized carbons (Fsp3) is 0.633. The van der Waals surface area contributed by atoms with Crippen LogP contribution in [0.5, 0.6) is 0 Å². The third kappa shape index (κ3) is 6.37. The molecule has 3 fully saturated rings. The van der Waals surface area contributed by atoms with E-state index in [2.05, 4.69) is 15.6 Å². The zero-order chi connectivity index (χ0) is 28.4. The summed E-state index contributed by atoms with van der Waals surface area (Å²) in [6.45, 7) is 7.30. The van der Waals surface area contributed by atoms with Crippen molar-refractivity contribution in [1.82, 2.24) is 30.1 Å². The highest BCUT2D eigenvalue weighted by molar-refractivity contribution is 5.93. The molecule has 10 heteroatoms. The number of β-amino-alcohol motifs (C(OH)–C–C–N with tert-alkyl or cyclic N) is 1. The zero-order valence-electron chi connectivity index (χ0n) is 23.8. The minimum Gasteiger partial charge on any atom is -0.391 e. The number of hydrogen-bond acceptors (Lipinski definition) is 6. The van der Waals surface area contributed by atoms with Crippen molar-refractivity contribution in [3.8, 4) is 0 Å². The second kappa shape index (κ2) is 11.7. The number of nitrogens with one attached hydrogen (secondary N) is 1. The number of piperidine rings is 1. The number of hydrogen-bond donors (Lipinski definition) is 2. The fourth-order valence-electron chi connectivity index (χ4n) is 5.98. The number of likely N-dealkylation sites (tertiary alicyclic amines) is 2. The van der Waals surface area contributed by atoms with Crippen LogP contribution in [0.3, 0.4) is 0 Å². The molecule has 3 amide bonds. The molecule has 40 heavy (non-hydrogen) atoms. The van der Waals surface area contributed by atoms with E-state index in [9.17, 15) is 19.5 Å². The summed E-state index contributed by atoms with van der Waals surface area (Å²) in [7, 11) is 0. The standard InChI is InChI=1S/C30H42N6O4/c1-30(2,3)26(36-19-24(32-33-36)21-12-13-21)29(40)35-18-22(37)17-25(35)27(38)31-23(16-20-10-6-4-7-11-20)28(39)34-14-8-5-9-15-34/h4,6-7,10-11,19,21-23,25-26,37H,5,8-9,12-18H2,1-3H3,(H,31,38)/t22-,23?,25+,26-/m1/s1. The summed E-state index contributed by atoms with van der Waals surface area (Å²) in [5, 5.41) is 22.2. The van der Waals surface area contributed by atoms with Gasteiger partial charge in [0, 0.05) is 44.6 Å². The van der Waals surface area contributed by atoms with Gasteiger partial charge in [0.1, 0.15) is 18.1 Å². The highest BCUT2D eigenvalue weighted by Crippen LogP contribution is 2.40. The Hall–Kier alpha value is -3.27. The van der Waals surface area contributed by atoms with Crippen LogP contribution in [0.2, 0.25) is 0 Å². The van der Waals surface area contributed by atoms with Crippen molar-refractivity contribution in [3.05, 3.63) is 47.8 Å². The van der Waals surface area contributed by atoms with Crippen molar-refractivity contribution in [2.75, 3.05) is 19.6 Å². The minimum absolute atomic E-state index is 0.0527. The molecule has 1 aromatic heterocycles. The van der Waals surface area contributed by atoms with E-state index in [-0.39, 0.29) is 24.8 Å². The van der Waals surface area contributed by atoms with Crippen molar-refractivity contribution >= 4 is 17.7 Å². The van der Waals surface area contributed by atoms with Crippen molar-refractivity contribution in [2.24, 2.45) is 5.41 Å². The third-order valence-electron chi connectivity index (χ3n) is 8.27. The molecule has 1 aromatic carbocycles. The number of amides is 3. The molecule has 3 heterocycles. The van der Waals surface area contributed by atoms with Gasteiger partial charge in [0.2, 0.25) is 17.7 Å². The Morgan fingerprint density at radius 3 is 2.40 bits per heavy atom. The summed E-state index contributed by atoms with van der Waals surface area (Å²) in [6, 6.07) is 7.31. The molecule has 10 nitrogen and oxygen atoms in total. The van der Waals surface area contributed by atoms with Crippen molar-refractivity contribution in [3.63, 3.8) is 0 Å². The molecule has 2 aromatic rings. The van der Waals surface area contributed by atoms with Gasteiger partial charge in [-0.05, 0) is 43.1 Å². The first-order chi connectivity index (χ1) is 19.1. The molecular weight excluding hydrogens is 508 g/mol. The zero-order valence-corrected chi connectivity index (χ0v) is 23.8. The van der Waals surface area contributed by atoms with Crippen molar-refractivity contribution < 1.29 is 19.5 Å². The van der Waals surface area contributed by atoms with Crippen molar-refractivity contribution in [1.29, 1.82) is 0 Å². The number of rotatable bonds is 8. The predicted octanol–water partition coefficient (Wildman–Crippen LogP) is 2.44. The Labute approximate surface area is 236 Å². The first kappa shape index (κ1) is 28.3. The Balaban J connectivity index is 1.36. The molecule has 4 atom stereocenters. The third-order valence-corrected chi connectivity index (χ3v) is 8.27. The lowest BCUT2D eigenvalue weighted by atomic mass is 9.85. The lowest BCUT2D eigenvalue weighted by Crippen LogP contribution is -2.56. The van der Waals surface area contributed by atoms with E-state index in [1.807, 2.05) is 62.2 Å². The van der Waals surface area contributed by atoms with Gasteiger partial charge in [-0.25, -0.2) is 4.68 Å². The maximum atomic E-state index is 14.1. The number of aromatic nitrogens is 3. The Kier molecular flexibility index (Phi) is 8.26. The summed E-state index contributed by atoms with van der Waals surface area (Å²) in [4.78, 5) is 44.7. The van der Waals surface area contributed by atoms with E-state index in [0.29, 0.717) is 25.4 Å². The van der Waals surface area contributed by atoms with Crippen LogP contribution in [0.1, 0.15) is 82.5 Å². The molecule has 0 spiro atoms. The average molecular weight is 551 g/mol. The Morgan fingerprint density at radius 1 is 1.05 bits per heavy atom. The molecule has 2 aliphatic heterocycles. The largest absolute Gasteiger partial charge is 0.391 e. The van der Waals surface area contributed by atoms with Crippen LogP contribution < -0.4 is 5.32 Å². The number of aliphatic hydroxyl groups excluding tert-OH is 1. The summed E-state index contributed by atoms with van der Waals surface area (Å²) in [5.74, 6) is -0.397. The normalized spacial score (nSPS) is 23.1. The minimum atomic E-state index is -0.883. The summed E-state index contributed by atoms with van der Waals surface area (Å²) >= 11 is 0. The molecule has 5 rings (SSSR count). The maximum absolute atomic E-state index is 14.1. The van der Waals surface area contributed by atoms with Crippen LogP contribution >= 0.6 is 0 Å². The molecule has 216 valence electrons. The topological polar surface area (TPSA) is 121 Å². The molecule has 0 radical (unpaired) electrons. The van der Waals surface area contributed by atoms with Gasteiger partial charge >= 0.3 is 0 Å². The molecule has 2 N–H and O–H groups in total. The summed E-state index contributed by atoms with van der Waals surface area (Å²) in [6.07, 6.45) is 6.65. The highest BCUT2D eigenvalue weighted by Gasteiger charge is 2.46. The predicted molar refractivity (Wildman–Crippen MR) is 149 cm³/mol. The molecule has 0 bridgehead atoms. The Bertz CT molecular complexity index is 1200. The quantitative estimate of drug-likeness (QED) is 0.521. The first-order valence-corrected chi connectivity index (χ1v) is 14.6. The van der Waals surface area contributed by atoms with Gasteiger partial charge in [-0.15, -0.1) is 5.10 Å². The van der Waals surface area contributed by atoms with Gasteiger partial charge < -0.3 is 20.2 Å². The lowest BCUT2D eigenvalue weighted by Gasteiger charge is -2.35. The lowest BCUT2D eigenvalue weighted by molar-refractivity contribution is -0.145. The number of carbonyl (C=O) groups is 3. The second-order valence-electron chi connectivity index (χ2n) is 12.7. The van der Waals surface area contributed by atoms with Crippen LogP contribution in [0.4, 0.5) is 0 Å². The maximum Gasteiger partial charge on any atom is 0.248 e. The van der Waals surface area contributed by atoms with E-state index < -0.39 is 35.6 Å². The Morgan fingerprint density at radius 2 is 1.75 bits per heavy atom. The fourth-order valence-corrected chi connectivity index (χ4v) is 5.98. The molecule has 2 saturated heterocycles. The number of aliphatic hydroxyl groups is 1. The molecular formula is C30H42N6O4. The number of carbonyl (C=O) groups excluding carboxylic acids is 3. The summed E-state index contributed by atoms with van der Waals surface area (Å²) in [5.41, 5.74) is 1.32. The van der Waals surface area contributed by atoms with Gasteiger partial charge in [-0.2, -0.15) is 0 Å². The average Bonchev–Trinajstić information content (AvgIpc) is 3.54. The number of benzene rings is 1. The molecule has 1 saturated carbocycles. The van der Waals surface area contributed by atoms with E-state index >= 15 is 0 Å².